The second-order valence-corrected chi connectivity index (χ2v) is 5.16. The van der Waals surface area contributed by atoms with Gasteiger partial charge in [0.15, 0.2) is 11.5 Å². The van der Waals surface area contributed by atoms with E-state index < -0.39 is 0 Å². The molecule has 0 aliphatic carbocycles. The highest BCUT2D eigenvalue weighted by atomic mass is 16.5. The molecule has 0 bridgehead atoms. The van der Waals surface area contributed by atoms with Crippen LogP contribution in [-0.2, 0) is 17.8 Å². The molecule has 2 aromatic heterocycles. The number of ether oxygens (including phenoxy) is 1. The first-order valence-electron chi connectivity index (χ1n) is 7.22. The fourth-order valence-corrected chi connectivity index (χ4v) is 2.26. The molecule has 0 saturated carbocycles. The summed E-state index contributed by atoms with van der Waals surface area (Å²) in [6, 6.07) is 8.42. The number of hydrogen-bond donors (Lipinski definition) is 1. The van der Waals surface area contributed by atoms with Crippen LogP contribution in [-0.4, -0.2) is 33.2 Å². The summed E-state index contributed by atoms with van der Waals surface area (Å²) < 4.78 is 7.07. The van der Waals surface area contributed by atoms with E-state index in [9.17, 15) is 0 Å². The van der Waals surface area contributed by atoms with Crippen LogP contribution in [0.25, 0.3) is 11.2 Å². The Morgan fingerprint density at radius 3 is 2.73 bits per heavy atom. The number of nitrogens with one attached hydrogen (secondary N) is 1. The van der Waals surface area contributed by atoms with Crippen LogP contribution in [0, 0.1) is 6.92 Å². The third-order valence-corrected chi connectivity index (χ3v) is 3.52. The predicted molar refractivity (Wildman–Crippen MR) is 85.7 cm³/mol. The Morgan fingerprint density at radius 2 is 1.95 bits per heavy atom. The third kappa shape index (κ3) is 3.07. The Labute approximate surface area is 129 Å². The van der Waals surface area contributed by atoms with E-state index in [-0.39, 0.29) is 0 Å². The quantitative estimate of drug-likeness (QED) is 0.757. The SMILES string of the molecule is COCCn1cnc2c(NCc3ccc(C)cc3)ncnc21. The lowest BCUT2D eigenvalue weighted by atomic mass is 10.1. The van der Waals surface area contributed by atoms with Crippen LogP contribution in [0.4, 0.5) is 5.82 Å². The summed E-state index contributed by atoms with van der Waals surface area (Å²) in [4.78, 5) is 13.0. The van der Waals surface area contributed by atoms with Crippen LogP contribution in [0.5, 0.6) is 0 Å². The molecule has 3 rings (SSSR count). The zero-order chi connectivity index (χ0) is 15.4. The van der Waals surface area contributed by atoms with Gasteiger partial charge in [0.25, 0.3) is 0 Å². The zero-order valence-electron chi connectivity index (χ0n) is 12.8. The number of hydrogen-bond acceptors (Lipinski definition) is 5. The number of benzene rings is 1. The Hall–Kier alpha value is -2.47. The van der Waals surface area contributed by atoms with Crippen molar-refractivity contribution in [1.29, 1.82) is 0 Å². The van der Waals surface area contributed by atoms with Gasteiger partial charge in [-0.15, -0.1) is 0 Å². The highest BCUT2D eigenvalue weighted by Crippen LogP contribution is 2.18. The first-order valence-corrected chi connectivity index (χ1v) is 7.22. The molecule has 1 aromatic carbocycles. The van der Waals surface area contributed by atoms with Crippen LogP contribution in [0.15, 0.2) is 36.9 Å². The summed E-state index contributed by atoms with van der Waals surface area (Å²) in [6.45, 7) is 4.14. The van der Waals surface area contributed by atoms with Gasteiger partial charge in [-0.25, -0.2) is 15.0 Å². The summed E-state index contributed by atoms with van der Waals surface area (Å²) in [5, 5.41) is 3.33. The topological polar surface area (TPSA) is 64.9 Å². The molecule has 22 heavy (non-hydrogen) atoms. The average Bonchev–Trinajstić information content (AvgIpc) is 2.96. The Kier molecular flexibility index (Phi) is 4.29. The van der Waals surface area contributed by atoms with Crippen molar-refractivity contribution in [1.82, 2.24) is 19.5 Å². The van der Waals surface area contributed by atoms with Crippen LogP contribution >= 0.6 is 0 Å². The van der Waals surface area contributed by atoms with Crippen molar-refractivity contribution >= 4 is 17.0 Å². The van der Waals surface area contributed by atoms with E-state index in [1.54, 1.807) is 19.8 Å². The molecular weight excluding hydrogens is 278 g/mol. The maximum Gasteiger partial charge on any atom is 0.165 e. The maximum atomic E-state index is 5.10. The highest BCUT2D eigenvalue weighted by Gasteiger charge is 2.09. The second kappa shape index (κ2) is 6.53. The van der Waals surface area contributed by atoms with Gasteiger partial charge in [0.1, 0.15) is 11.8 Å². The van der Waals surface area contributed by atoms with E-state index in [4.69, 9.17) is 4.74 Å². The van der Waals surface area contributed by atoms with Gasteiger partial charge < -0.3 is 14.6 Å². The van der Waals surface area contributed by atoms with E-state index in [2.05, 4.69) is 51.5 Å². The van der Waals surface area contributed by atoms with E-state index in [0.29, 0.717) is 13.2 Å². The fourth-order valence-electron chi connectivity index (χ4n) is 2.26. The predicted octanol–water partition coefficient (Wildman–Crippen LogP) is 2.39. The normalized spacial score (nSPS) is 11.0. The number of anilines is 1. The first kappa shape index (κ1) is 14.5. The van der Waals surface area contributed by atoms with Crippen LogP contribution < -0.4 is 5.32 Å². The molecule has 0 saturated heterocycles. The summed E-state index contributed by atoms with van der Waals surface area (Å²) in [5.41, 5.74) is 4.06. The van der Waals surface area contributed by atoms with Crippen molar-refractivity contribution in [3.63, 3.8) is 0 Å². The minimum Gasteiger partial charge on any atom is -0.383 e. The number of imidazole rings is 1. The molecule has 1 N–H and O–H groups in total. The maximum absolute atomic E-state index is 5.10. The number of nitrogens with zero attached hydrogens (tertiary/aromatic N) is 4. The largest absolute Gasteiger partial charge is 0.383 e. The molecule has 0 aliphatic heterocycles. The smallest absolute Gasteiger partial charge is 0.165 e. The molecule has 0 aliphatic rings. The standard InChI is InChI=1S/C16H19N5O/c1-12-3-5-13(6-4-12)9-17-15-14-16(19-10-18-15)21(11-20-14)7-8-22-2/h3-6,10-11H,7-9H2,1-2H3,(H,17,18,19). The number of fused-ring (bicyclic) bond motifs is 1. The molecule has 2 heterocycles. The van der Waals surface area contributed by atoms with Gasteiger partial charge in [-0.1, -0.05) is 29.8 Å². The molecular formula is C16H19N5O. The number of aromatic nitrogens is 4. The van der Waals surface area contributed by atoms with Gasteiger partial charge in [-0.3, -0.25) is 0 Å². The van der Waals surface area contributed by atoms with Gasteiger partial charge in [0.05, 0.1) is 12.9 Å². The first-order chi connectivity index (χ1) is 10.8. The molecule has 6 nitrogen and oxygen atoms in total. The Balaban J connectivity index is 1.78. The zero-order valence-corrected chi connectivity index (χ0v) is 12.8. The van der Waals surface area contributed by atoms with Crippen molar-refractivity contribution in [2.24, 2.45) is 0 Å². The molecule has 0 unspecified atom stereocenters. The van der Waals surface area contributed by atoms with Crippen molar-refractivity contribution < 1.29 is 4.74 Å². The molecule has 3 aromatic rings. The van der Waals surface area contributed by atoms with Crippen LogP contribution in [0.2, 0.25) is 0 Å². The molecule has 0 radical (unpaired) electrons. The number of aryl methyl sites for hydroxylation is 1. The van der Waals surface area contributed by atoms with Crippen LogP contribution in [0.1, 0.15) is 11.1 Å². The third-order valence-electron chi connectivity index (χ3n) is 3.52. The molecule has 0 amide bonds. The summed E-state index contributed by atoms with van der Waals surface area (Å²) in [7, 11) is 1.68. The van der Waals surface area contributed by atoms with E-state index in [0.717, 1.165) is 23.5 Å². The van der Waals surface area contributed by atoms with Crippen LogP contribution in [0.3, 0.4) is 0 Å². The minimum absolute atomic E-state index is 0.627. The molecule has 6 heteroatoms. The molecule has 0 spiro atoms. The summed E-state index contributed by atoms with van der Waals surface area (Å²) in [6.07, 6.45) is 3.33. The lowest BCUT2D eigenvalue weighted by Gasteiger charge is -2.07. The van der Waals surface area contributed by atoms with Gasteiger partial charge >= 0.3 is 0 Å². The average molecular weight is 297 g/mol. The lowest BCUT2D eigenvalue weighted by molar-refractivity contribution is 0.188. The minimum atomic E-state index is 0.627. The van der Waals surface area contributed by atoms with Crippen molar-refractivity contribution in [2.45, 2.75) is 20.0 Å². The number of rotatable bonds is 6. The number of methoxy groups -OCH3 is 1. The second-order valence-electron chi connectivity index (χ2n) is 5.16. The van der Waals surface area contributed by atoms with Gasteiger partial charge in [-0.2, -0.15) is 0 Å². The highest BCUT2D eigenvalue weighted by molar-refractivity contribution is 5.82. The summed E-state index contributed by atoms with van der Waals surface area (Å²) >= 11 is 0. The Morgan fingerprint density at radius 1 is 1.14 bits per heavy atom. The molecule has 0 atom stereocenters. The lowest BCUT2D eigenvalue weighted by Crippen LogP contribution is -2.05. The van der Waals surface area contributed by atoms with Gasteiger partial charge in [-0.05, 0) is 12.5 Å². The van der Waals surface area contributed by atoms with Crippen molar-refractivity contribution in [3.05, 3.63) is 48.0 Å². The Bertz CT molecular complexity index is 751. The van der Waals surface area contributed by atoms with Gasteiger partial charge in [0, 0.05) is 20.2 Å². The summed E-state index contributed by atoms with van der Waals surface area (Å²) in [5.74, 6) is 0.752. The fraction of sp³-hybridized carbons (Fsp3) is 0.312. The monoisotopic (exact) mass is 297 g/mol. The van der Waals surface area contributed by atoms with Crippen molar-refractivity contribution in [3.8, 4) is 0 Å². The van der Waals surface area contributed by atoms with E-state index in [1.807, 2.05) is 4.57 Å². The van der Waals surface area contributed by atoms with Crippen molar-refractivity contribution in [2.75, 3.05) is 19.0 Å². The molecule has 0 fully saturated rings. The van der Waals surface area contributed by atoms with E-state index >= 15 is 0 Å². The van der Waals surface area contributed by atoms with Gasteiger partial charge in [0.2, 0.25) is 0 Å². The molecule has 114 valence electrons. The van der Waals surface area contributed by atoms with E-state index in [1.165, 1.54) is 11.1 Å².